The van der Waals surface area contributed by atoms with Crippen LogP contribution in [0.3, 0.4) is 0 Å². The molecule has 0 aromatic heterocycles. The van der Waals surface area contributed by atoms with Gasteiger partial charge in [0.2, 0.25) is 5.92 Å². The zero-order chi connectivity index (χ0) is 22.5. The lowest BCUT2D eigenvalue weighted by molar-refractivity contribution is -0.152. The molecule has 172 valence electrons. The van der Waals surface area contributed by atoms with E-state index in [1.54, 1.807) is 30.3 Å². The summed E-state index contributed by atoms with van der Waals surface area (Å²) in [4.78, 5) is 13.6. The molecule has 1 saturated heterocycles. The second-order valence-corrected chi connectivity index (χ2v) is 8.95. The van der Waals surface area contributed by atoms with Crippen LogP contribution in [0.15, 0.2) is 42.5 Å². The van der Waals surface area contributed by atoms with Crippen molar-refractivity contribution in [2.75, 3.05) is 19.8 Å². The summed E-state index contributed by atoms with van der Waals surface area (Å²) >= 11 is 0. The summed E-state index contributed by atoms with van der Waals surface area (Å²) in [5, 5.41) is 17.7. The van der Waals surface area contributed by atoms with Gasteiger partial charge in [-0.2, -0.15) is 0 Å². The Morgan fingerprint density at radius 2 is 2.06 bits per heavy atom. The van der Waals surface area contributed by atoms with Gasteiger partial charge in [0.1, 0.15) is 6.67 Å². The SMILES string of the molecule is CCCC=CC1CNCCC1(CF)NC(=O)[C@](O)(c1ccccc1)[C@@H]1CCC(F)(F)C1. The number of nitrogens with one attached hydrogen (secondary N) is 2. The summed E-state index contributed by atoms with van der Waals surface area (Å²) in [7, 11) is 0. The van der Waals surface area contributed by atoms with E-state index in [4.69, 9.17) is 0 Å². The van der Waals surface area contributed by atoms with Gasteiger partial charge in [0.15, 0.2) is 5.60 Å². The fourth-order valence-electron chi connectivity index (χ4n) is 4.86. The van der Waals surface area contributed by atoms with Crippen LogP contribution in [-0.2, 0) is 10.4 Å². The maximum atomic E-state index is 14.5. The average Bonchev–Trinajstić information content (AvgIpc) is 3.15. The number of carbonyl (C=O) groups is 1. The van der Waals surface area contributed by atoms with Crippen molar-refractivity contribution < 1.29 is 23.1 Å². The molecule has 4 atom stereocenters. The third-order valence-electron chi connectivity index (χ3n) is 6.80. The summed E-state index contributed by atoms with van der Waals surface area (Å²) in [6, 6.07) is 8.19. The third-order valence-corrected chi connectivity index (χ3v) is 6.80. The second-order valence-electron chi connectivity index (χ2n) is 8.95. The smallest absolute Gasteiger partial charge is 0.257 e. The molecule has 1 amide bonds. The van der Waals surface area contributed by atoms with E-state index in [-0.39, 0.29) is 24.3 Å². The van der Waals surface area contributed by atoms with Crippen LogP contribution in [0.5, 0.6) is 0 Å². The Morgan fingerprint density at radius 1 is 1.32 bits per heavy atom. The monoisotopic (exact) mass is 438 g/mol. The van der Waals surface area contributed by atoms with Gasteiger partial charge in [0.25, 0.3) is 5.91 Å². The van der Waals surface area contributed by atoms with Crippen LogP contribution in [0.2, 0.25) is 0 Å². The largest absolute Gasteiger partial charge is 0.375 e. The van der Waals surface area contributed by atoms with E-state index in [9.17, 15) is 23.1 Å². The highest BCUT2D eigenvalue weighted by molar-refractivity contribution is 5.87. The highest BCUT2D eigenvalue weighted by Crippen LogP contribution is 2.48. The maximum absolute atomic E-state index is 14.5. The van der Waals surface area contributed by atoms with Crippen molar-refractivity contribution >= 4 is 5.91 Å². The molecular formula is C24H33F3N2O2. The van der Waals surface area contributed by atoms with E-state index in [0.717, 1.165) is 12.8 Å². The molecule has 3 N–H and O–H groups in total. The number of benzene rings is 1. The molecule has 2 fully saturated rings. The van der Waals surface area contributed by atoms with Gasteiger partial charge >= 0.3 is 0 Å². The zero-order valence-electron chi connectivity index (χ0n) is 18.0. The van der Waals surface area contributed by atoms with E-state index < -0.39 is 42.0 Å². The average molecular weight is 439 g/mol. The molecule has 3 rings (SSSR count). The Morgan fingerprint density at radius 3 is 2.68 bits per heavy atom. The number of unbranched alkanes of at least 4 members (excludes halogenated alkanes) is 1. The second kappa shape index (κ2) is 9.74. The van der Waals surface area contributed by atoms with Crippen molar-refractivity contribution in [1.29, 1.82) is 0 Å². The van der Waals surface area contributed by atoms with Crippen molar-refractivity contribution in [1.82, 2.24) is 10.6 Å². The zero-order valence-corrected chi connectivity index (χ0v) is 18.0. The minimum atomic E-state index is -2.92. The highest BCUT2D eigenvalue weighted by Gasteiger charge is 2.55. The van der Waals surface area contributed by atoms with Crippen LogP contribution in [-0.4, -0.2) is 42.2 Å². The number of aliphatic hydroxyl groups is 1. The molecule has 0 radical (unpaired) electrons. The van der Waals surface area contributed by atoms with Gasteiger partial charge in [-0.1, -0.05) is 55.8 Å². The molecule has 0 spiro atoms. The van der Waals surface area contributed by atoms with Gasteiger partial charge in [-0.25, -0.2) is 13.2 Å². The van der Waals surface area contributed by atoms with E-state index in [1.165, 1.54) is 0 Å². The van der Waals surface area contributed by atoms with Crippen LogP contribution in [0.1, 0.15) is 51.0 Å². The van der Waals surface area contributed by atoms with E-state index in [0.29, 0.717) is 19.5 Å². The predicted octanol–water partition coefficient (Wildman–Crippen LogP) is 4.10. The summed E-state index contributed by atoms with van der Waals surface area (Å²) in [6.45, 7) is 2.27. The van der Waals surface area contributed by atoms with Gasteiger partial charge in [0, 0.05) is 31.2 Å². The topological polar surface area (TPSA) is 61.4 Å². The molecule has 2 aliphatic rings. The van der Waals surface area contributed by atoms with Crippen LogP contribution in [0, 0.1) is 11.8 Å². The molecule has 7 heteroatoms. The predicted molar refractivity (Wildman–Crippen MR) is 115 cm³/mol. The Bertz CT molecular complexity index is 773. The maximum Gasteiger partial charge on any atom is 0.257 e. The highest BCUT2D eigenvalue weighted by atomic mass is 19.3. The van der Waals surface area contributed by atoms with Gasteiger partial charge < -0.3 is 15.7 Å². The Kier molecular flexibility index (Phi) is 7.47. The molecule has 1 aromatic carbocycles. The van der Waals surface area contributed by atoms with Crippen LogP contribution >= 0.6 is 0 Å². The summed E-state index contributed by atoms with van der Waals surface area (Å²) in [5.74, 6) is -4.97. The van der Waals surface area contributed by atoms with E-state index in [2.05, 4.69) is 10.6 Å². The number of piperidine rings is 1. The van der Waals surface area contributed by atoms with Gasteiger partial charge in [0.05, 0.1) is 5.54 Å². The lowest BCUT2D eigenvalue weighted by Gasteiger charge is -2.44. The summed E-state index contributed by atoms with van der Waals surface area (Å²) in [5.41, 5.74) is -3.07. The fraction of sp³-hybridized carbons (Fsp3) is 0.625. The van der Waals surface area contributed by atoms with E-state index in [1.807, 2.05) is 19.1 Å². The first-order valence-electron chi connectivity index (χ1n) is 11.2. The number of alkyl halides is 3. The summed E-state index contributed by atoms with van der Waals surface area (Å²) < 4.78 is 42.5. The molecule has 2 unspecified atom stereocenters. The summed E-state index contributed by atoms with van der Waals surface area (Å²) in [6.07, 6.45) is 5.12. The lowest BCUT2D eigenvalue weighted by Crippen LogP contribution is -2.65. The van der Waals surface area contributed by atoms with Gasteiger partial charge in [-0.15, -0.1) is 0 Å². The number of rotatable bonds is 8. The van der Waals surface area contributed by atoms with Crippen molar-refractivity contribution in [3.63, 3.8) is 0 Å². The Balaban J connectivity index is 1.93. The fourth-order valence-corrected chi connectivity index (χ4v) is 4.86. The molecular weight excluding hydrogens is 405 g/mol. The van der Waals surface area contributed by atoms with Gasteiger partial charge in [-0.05, 0) is 31.4 Å². The molecule has 1 heterocycles. The number of carbonyl (C=O) groups excluding carboxylic acids is 1. The van der Waals surface area contributed by atoms with Crippen molar-refractivity contribution in [2.24, 2.45) is 11.8 Å². The first-order valence-corrected chi connectivity index (χ1v) is 11.2. The van der Waals surface area contributed by atoms with Crippen LogP contribution in [0.25, 0.3) is 0 Å². The molecule has 1 aromatic rings. The first kappa shape index (κ1) is 23.8. The Hall–Kier alpha value is -1.86. The molecule has 31 heavy (non-hydrogen) atoms. The third kappa shape index (κ3) is 4.98. The number of amides is 1. The van der Waals surface area contributed by atoms with Gasteiger partial charge in [-0.3, -0.25) is 4.79 Å². The Labute approximate surface area is 182 Å². The van der Waals surface area contributed by atoms with Crippen molar-refractivity contribution in [2.45, 2.75) is 62.5 Å². The molecule has 1 saturated carbocycles. The van der Waals surface area contributed by atoms with Crippen molar-refractivity contribution in [3.05, 3.63) is 48.0 Å². The normalized spacial score (nSPS) is 30.2. The molecule has 1 aliphatic heterocycles. The number of halogens is 3. The van der Waals surface area contributed by atoms with Crippen molar-refractivity contribution in [3.8, 4) is 0 Å². The van der Waals surface area contributed by atoms with E-state index >= 15 is 0 Å². The van der Waals surface area contributed by atoms with Crippen LogP contribution in [0.4, 0.5) is 13.2 Å². The number of hydrogen-bond acceptors (Lipinski definition) is 3. The number of allylic oxidation sites excluding steroid dienone is 1. The molecule has 0 bridgehead atoms. The quantitative estimate of drug-likeness (QED) is 0.536. The standard InChI is InChI=1S/C24H33F3N2O2/c1-2-3-5-10-20-16-28-14-13-22(20,17-25)29-21(30)24(31,18-8-6-4-7-9-18)19-11-12-23(26,27)15-19/h4-10,19-20,28,31H,2-3,11-17H2,1H3,(H,29,30)/t19-,20?,22?,24+/m1/s1. The lowest BCUT2D eigenvalue weighted by atomic mass is 9.75. The number of hydrogen-bond donors (Lipinski definition) is 3. The molecule has 4 nitrogen and oxygen atoms in total. The minimum Gasteiger partial charge on any atom is -0.375 e. The minimum absolute atomic E-state index is 0.0236. The first-order chi connectivity index (χ1) is 14.8. The van der Waals surface area contributed by atoms with Crippen LogP contribution < -0.4 is 10.6 Å². The molecule has 1 aliphatic carbocycles.